The third-order valence-corrected chi connectivity index (χ3v) is 6.29. The standard InChI is InChI=1S/C16H22N4OS2/c1-9-5-6-10-11(8-9)23-15-13(10)14(18)19-16(20-15)22-7-3-2-4-12(17)21/h9H,2-8H2,1H3,(H2,17,21)(H2,18,19,20). The van der Waals surface area contributed by atoms with Gasteiger partial charge in [-0.25, -0.2) is 9.97 Å². The van der Waals surface area contributed by atoms with Gasteiger partial charge in [-0.1, -0.05) is 18.7 Å². The molecule has 0 bridgehead atoms. The Morgan fingerprint density at radius 3 is 3.00 bits per heavy atom. The number of nitrogens with zero attached hydrogens (tertiary/aromatic N) is 2. The molecule has 7 heteroatoms. The van der Waals surface area contributed by atoms with E-state index in [4.69, 9.17) is 16.5 Å². The van der Waals surface area contributed by atoms with Gasteiger partial charge in [-0.05, 0) is 43.6 Å². The summed E-state index contributed by atoms with van der Waals surface area (Å²) in [6.07, 6.45) is 5.61. The van der Waals surface area contributed by atoms with E-state index in [0.717, 1.165) is 52.7 Å². The fourth-order valence-electron chi connectivity index (χ4n) is 2.98. The van der Waals surface area contributed by atoms with Crippen molar-refractivity contribution in [1.29, 1.82) is 0 Å². The smallest absolute Gasteiger partial charge is 0.217 e. The van der Waals surface area contributed by atoms with Crippen LogP contribution in [0.3, 0.4) is 0 Å². The van der Waals surface area contributed by atoms with E-state index in [9.17, 15) is 4.79 Å². The van der Waals surface area contributed by atoms with Crippen LogP contribution in [0.25, 0.3) is 10.2 Å². The lowest BCUT2D eigenvalue weighted by molar-refractivity contribution is -0.118. The number of rotatable bonds is 6. The van der Waals surface area contributed by atoms with Gasteiger partial charge in [-0.15, -0.1) is 11.3 Å². The first-order valence-electron chi connectivity index (χ1n) is 8.03. The summed E-state index contributed by atoms with van der Waals surface area (Å²) in [6, 6.07) is 0. The molecule has 2 heterocycles. The Morgan fingerprint density at radius 1 is 1.39 bits per heavy atom. The predicted molar refractivity (Wildman–Crippen MR) is 96.8 cm³/mol. The molecule has 0 aromatic carbocycles. The summed E-state index contributed by atoms with van der Waals surface area (Å²) in [5.74, 6) is 1.99. The predicted octanol–water partition coefficient (Wildman–Crippen LogP) is 3.15. The number of hydrogen-bond donors (Lipinski definition) is 2. The van der Waals surface area contributed by atoms with Crippen LogP contribution in [-0.4, -0.2) is 21.6 Å². The molecule has 3 rings (SSSR count). The number of amides is 1. The molecule has 1 aliphatic carbocycles. The molecule has 23 heavy (non-hydrogen) atoms. The van der Waals surface area contributed by atoms with Gasteiger partial charge >= 0.3 is 0 Å². The van der Waals surface area contributed by atoms with Crippen molar-refractivity contribution in [2.24, 2.45) is 11.7 Å². The van der Waals surface area contributed by atoms with Crippen molar-refractivity contribution in [2.75, 3.05) is 11.5 Å². The number of hydrogen-bond acceptors (Lipinski definition) is 6. The number of primary amides is 1. The molecule has 2 aromatic heterocycles. The molecule has 1 amide bonds. The number of nitrogen functional groups attached to an aromatic ring is 1. The number of nitrogens with two attached hydrogens (primary N) is 2. The van der Waals surface area contributed by atoms with E-state index in [1.54, 1.807) is 23.1 Å². The van der Waals surface area contributed by atoms with Gasteiger partial charge in [0.05, 0.1) is 5.39 Å². The van der Waals surface area contributed by atoms with Crippen LogP contribution < -0.4 is 11.5 Å². The highest BCUT2D eigenvalue weighted by atomic mass is 32.2. The van der Waals surface area contributed by atoms with Crippen LogP contribution in [-0.2, 0) is 17.6 Å². The van der Waals surface area contributed by atoms with E-state index in [2.05, 4.69) is 11.9 Å². The SMILES string of the molecule is CC1CCc2c(sc3nc(SCCCCC(N)=O)nc(N)c23)C1. The molecule has 0 fully saturated rings. The van der Waals surface area contributed by atoms with Crippen molar-refractivity contribution in [3.8, 4) is 0 Å². The van der Waals surface area contributed by atoms with Gasteiger partial charge in [-0.3, -0.25) is 4.79 Å². The molecule has 124 valence electrons. The first-order chi connectivity index (χ1) is 11.0. The molecule has 1 aliphatic rings. The van der Waals surface area contributed by atoms with Crippen molar-refractivity contribution in [2.45, 2.75) is 50.6 Å². The molecule has 4 N–H and O–H groups in total. The maximum absolute atomic E-state index is 10.7. The zero-order valence-corrected chi connectivity index (χ0v) is 14.9. The Bertz CT molecular complexity index is 728. The van der Waals surface area contributed by atoms with Crippen LogP contribution in [0.1, 0.15) is 43.0 Å². The summed E-state index contributed by atoms with van der Waals surface area (Å²) in [5.41, 5.74) is 12.7. The Labute approximate surface area is 144 Å². The molecule has 5 nitrogen and oxygen atoms in total. The van der Waals surface area contributed by atoms with Gasteiger partial charge in [0.15, 0.2) is 5.16 Å². The number of carbonyl (C=O) groups is 1. The van der Waals surface area contributed by atoms with Crippen LogP contribution in [0.4, 0.5) is 5.82 Å². The molecule has 0 saturated carbocycles. The monoisotopic (exact) mass is 350 g/mol. The molecule has 0 aliphatic heterocycles. The Balaban J connectivity index is 1.72. The van der Waals surface area contributed by atoms with Crippen LogP contribution in [0, 0.1) is 5.92 Å². The van der Waals surface area contributed by atoms with Crippen molar-refractivity contribution >= 4 is 45.0 Å². The van der Waals surface area contributed by atoms with Crippen LogP contribution >= 0.6 is 23.1 Å². The van der Waals surface area contributed by atoms with E-state index in [1.807, 2.05) is 0 Å². The fraction of sp³-hybridized carbons (Fsp3) is 0.562. The van der Waals surface area contributed by atoms with Gasteiger partial charge in [0.2, 0.25) is 5.91 Å². The molecule has 1 atom stereocenters. The fourth-order valence-corrected chi connectivity index (χ4v) is 5.28. The highest BCUT2D eigenvalue weighted by molar-refractivity contribution is 7.99. The van der Waals surface area contributed by atoms with Gasteiger partial charge in [-0.2, -0.15) is 0 Å². The third kappa shape index (κ3) is 3.77. The van der Waals surface area contributed by atoms with E-state index in [0.29, 0.717) is 12.2 Å². The first kappa shape index (κ1) is 16.5. The zero-order valence-electron chi connectivity index (χ0n) is 13.3. The van der Waals surface area contributed by atoms with Gasteiger partial charge in [0, 0.05) is 17.1 Å². The number of thiophene rings is 1. The van der Waals surface area contributed by atoms with Crippen molar-refractivity contribution < 1.29 is 4.79 Å². The molecule has 0 radical (unpaired) electrons. The van der Waals surface area contributed by atoms with Crippen molar-refractivity contribution in [3.63, 3.8) is 0 Å². The summed E-state index contributed by atoms with van der Waals surface area (Å²) in [7, 11) is 0. The van der Waals surface area contributed by atoms with Crippen LogP contribution in [0.5, 0.6) is 0 Å². The topological polar surface area (TPSA) is 94.9 Å². The molecule has 1 unspecified atom stereocenters. The minimum atomic E-state index is -0.240. The zero-order chi connectivity index (χ0) is 16.4. The van der Waals surface area contributed by atoms with E-state index in [-0.39, 0.29) is 5.91 Å². The van der Waals surface area contributed by atoms with E-state index < -0.39 is 0 Å². The average Bonchev–Trinajstić information content (AvgIpc) is 2.84. The van der Waals surface area contributed by atoms with Crippen molar-refractivity contribution in [1.82, 2.24) is 9.97 Å². The highest BCUT2D eigenvalue weighted by Crippen LogP contribution is 2.39. The second-order valence-corrected chi connectivity index (χ2v) is 8.34. The Kier molecular flexibility index (Phi) is 5.06. The number of thioether (sulfide) groups is 1. The molecular formula is C16H22N4OS2. The molecule has 0 spiro atoms. The summed E-state index contributed by atoms with van der Waals surface area (Å²) < 4.78 is 0. The summed E-state index contributed by atoms with van der Waals surface area (Å²) in [4.78, 5) is 22.4. The van der Waals surface area contributed by atoms with E-state index >= 15 is 0 Å². The molecule has 2 aromatic rings. The van der Waals surface area contributed by atoms with Gasteiger partial charge < -0.3 is 11.5 Å². The lowest BCUT2D eigenvalue weighted by Crippen LogP contribution is -2.09. The van der Waals surface area contributed by atoms with Crippen molar-refractivity contribution in [3.05, 3.63) is 10.4 Å². The maximum atomic E-state index is 10.7. The Morgan fingerprint density at radius 2 is 2.22 bits per heavy atom. The summed E-state index contributed by atoms with van der Waals surface area (Å²) >= 11 is 3.37. The number of fused-ring (bicyclic) bond motifs is 3. The second kappa shape index (κ2) is 7.05. The Hall–Kier alpha value is -1.34. The number of aryl methyl sites for hydroxylation is 1. The average molecular weight is 351 g/mol. The number of carbonyl (C=O) groups excluding carboxylic acids is 1. The highest BCUT2D eigenvalue weighted by Gasteiger charge is 2.23. The lowest BCUT2D eigenvalue weighted by atomic mass is 9.89. The lowest BCUT2D eigenvalue weighted by Gasteiger charge is -2.17. The minimum absolute atomic E-state index is 0.240. The second-order valence-electron chi connectivity index (χ2n) is 6.20. The normalized spacial score (nSPS) is 17.3. The quantitative estimate of drug-likeness (QED) is 0.474. The summed E-state index contributed by atoms with van der Waals surface area (Å²) in [5, 5.41) is 1.82. The van der Waals surface area contributed by atoms with Crippen LogP contribution in [0.2, 0.25) is 0 Å². The molecule has 0 saturated heterocycles. The van der Waals surface area contributed by atoms with Crippen LogP contribution in [0.15, 0.2) is 5.16 Å². The number of unbranched alkanes of at least 4 members (excludes halogenated alkanes) is 1. The third-order valence-electron chi connectivity index (χ3n) is 4.21. The number of anilines is 1. The first-order valence-corrected chi connectivity index (χ1v) is 9.83. The summed E-state index contributed by atoms with van der Waals surface area (Å²) in [6.45, 7) is 2.30. The minimum Gasteiger partial charge on any atom is -0.383 e. The largest absolute Gasteiger partial charge is 0.383 e. The van der Waals surface area contributed by atoms with Gasteiger partial charge in [0.25, 0.3) is 0 Å². The maximum Gasteiger partial charge on any atom is 0.217 e. The molecular weight excluding hydrogens is 328 g/mol. The van der Waals surface area contributed by atoms with Gasteiger partial charge in [0.1, 0.15) is 10.6 Å². The number of aromatic nitrogens is 2. The van der Waals surface area contributed by atoms with E-state index in [1.165, 1.54) is 16.9 Å².